The maximum atomic E-state index is 16.1. The van der Waals surface area contributed by atoms with E-state index in [1.165, 1.54) is 12.7 Å². The predicted octanol–water partition coefficient (Wildman–Crippen LogP) is 8.18. The first kappa shape index (κ1) is 50.4. The van der Waals surface area contributed by atoms with Crippen LogP contribution >= 0.6 is 0 Å². The van der Waals surface area contributed by atoms with Crippen molar-refractivity contribution in [2.45, 2.75) is 123 Å². The van der Waals surface area contributed by atoms with Crippen LogP contribution in [-0.2, 0) is 35.1 Å². The van der Waals surface area contributed by atoms with Crippen LogP contribution in [-0.4, -0.2) is 120 Å². The molecule has 2 N–H and O–H groups in total. The third kappa shape index (κ3) is 7.79. The Kier molecular flexibility index (Phi) is 12.7. The third-order valence-corrected chi connectivity index (χ3v) is 16.7. The van der Waals surface area contributed by atoms with Gasteiger partial charge in [-0.2, -0.15) is 0 Å². The monoisotopic (exact) mass is 995 g/mol. The van der Waals surface area contributed by atoms with Crippen molar-refractivity contribution in [1.82, 2.24) is 14.7 Å². The van der Waals surface area contributed by atoms with E-state index in [1.54, 1.807) is 17.9 Å². The minimum Gasteiger partial charge on any atom is -0.482 e. The number of allylic oxidation sites excluding steroid dienone is 5. The summed E-state index contributed by atoms with van der Waals surface area (Å²) < 4.78 is 34.6. The van der Waals surface area contributed by atoms with Gasteiger partial charge in [-0.3, -0.25) is 19.2 Å². The van der Waals surface area contributed by atoms with Crippen molar-refractivity contribution in [3.8, 4) is 17.2 Å². The Morgan fingerprint density at radius 2 is 1.60 bits per heavy atom. The summed E-state index contributed by atoms with van der Waals surface area (Å²) in [5.74, 6) is -2.50. The zero-order valence-electron chi connectivity index (χ0n) is 44.1. The Morgan fingerprint density at radius 1 is 0.890 bits per heavy atom. The molecule has 0 aromatic heterocycles. The van der Waals surface area contributed by atoms with Crippen LogP contribution in [0.3, 0.4) is 0 Å². The van der Waals surface area contributed by atoms with Crippen LogP contribution in [0.5, 0.6) is 17.2 Å². The van der Waals surface area contributed by atoms with Crippen LogP contribution in [0.15, 0.2) is 76.4 Å². The number of piperazine rings is 1. The number of nitrogens with zero attached hydrogens (tertiary/aromatic N) is 3. The largest absolute Gasteiger partial charge is 0.482 e. The molecule has 11 rings (SSSR count). The standard InChI is InChI=1S/C59H70N4O10/c1-33(2)14-13-23-57(8)24-22-39-51(71-57)38(18-17-34(3)4)53-46(52(39)70-43(65)20-19-42(64)62-30-28-61(9)29-31-62)49-47-44(45-48(63(49)27-26-60)36-15-11-12-16-37(36)50(45)66)40-32-41-56(6,7)73-58(54(40)67,59(41,47)72-53)25-21-35(5)55(68)69-10/h11-12,14-17,21-22,24,40-41,44H,13,18-20,23,25-32,60H2,1-10H3. The summed E-state index contributed by atoms with van der Waals surface area (Å²) >= 11 is 0. The van der Waals surface area contributed by atoms with Crippen LogP contribution in [0.2, 0.25) is 0 Å². The van der Waals surface area contributed by atoms with Gasteiger partial charge in [0.05, 0.1) is 41.7 Å². The topological polar surface area (TPSA) is 167 Å². The number of Topliss-reactive ketones (excluding diaryl/α,β-unsaturated/α-hetero) is 2. The van der Waals surface area contributed by atoms with E-state index in [4.69, 9.17) is 29.4 Å². The average molecular weight is 995 g/mol. The molecule has 14 heteroatoms. The molecule has 14 nitrogen and oxygen atoms in total. The molecule has 0 radical (unpaired) electrons. The highest BCUT2D eigenvalue weighted by Crippen LogP contribution is 2.75. The molecule has 6 atom stereocenters. The number of hydrogen-bond acceptors (Lipinski definition) is 13. The van der Waals surface area contributed by atoms with E-state index in [1.807, 2.05) is 78.1 Å². The Hall–Kier alpha value is -6.09. The van der Waals surface area contributed by atoms with Crippen LogP contribution in [0.1, 0.15) is 127 Å². The lowest BCUT2D eigenvalue weighted by molar-refractivity contribution is -0.181. The SMILES string of the molecule is COC(=O)C(C)=CCC12OC(C)(C)C3CC(C1=O)C1C4=C(c5ccccc5C4=O)N(CCN)C4=C1C32Oc1c(CC=C(C)C)c2c(c(OC(=O)CCC(=O)N3CCN(C)CC3)c14)C=CC(C)(CCC=C(C)C)O2. The summed E-state index contributed by atoms with van der Waals surface area (Å²) in [5, 5.41) is 0. The van der Waals surface area contributed by atoms with E-state index in [9.17, 15) is 14.4 Å². The van der Waals surface area contributed by atoms with Crippen LogP contribution in [0.25, 0.3) is 17.5 Å². The molecule has 2 aromatic carbocycles. The first-order valence-corrected chi connectivity index (χ1v) is 26.1. The van der Waals surface area contributed by atoms with E-state index in [0.717, 1.165) is 30.6 Å². The third-order valence-electron chi connectivity index (χ3n) is 16.7. The minimum atomic E-state index is -1.70. The number of amides is 1. The predicted molar refractivity (Wildman–Crippen MR) is 277 cm³/mol. The van der Waals surface area contributed by atoms with Crippen molar-refractivity contribution < 1.29 is 47.7 Å². The second kappa shape index (κ2) is 18.4. The summed E-state index contributed by atoms with van der Waals surface area (Å²) in [6.07, 6.45) is 11.9. The molecule has 2 aromatic rings. The highest BCUT2D eigenvalue weighted by Gasteiger charge is 2.84. The fourth-order valence-electron chi connectivity index (χ4n) is 13.3. The number of ether oxygens (including phenoxy) is 5. The van der Waals surface area contributed by atoms with Crippen molar-refractivity contribution in [3.05, 3.63) is 104 Å². The van der Waals surface area contributed by atoms with E-state index in [2.05, 4.69) is 35.8 Å². The van der Waals surface area contributed by atoms with Crippen molar-refractivity contribution in [1.29, 1.82) is 0 Å². The van der Waals surface area contributed by atoms with Crippen LogP contribution in [0.4, 0.5) is 0 Å². The molecular weight excluding hydrogens is 925 g/mol. The maximum Gasteiger partial charge on any atom is 0.333 e. The number of methoxy groups -OCH3 is 1. The Morgan fingerprint density at radius 3 is 2.29 bits per heavy atom. The van der Waals surface area contributed by atoms with E-state index < -0.39 is 52.1 Å². The van der Waals surface area contributed by atoms with E-state index in [-0.39, 0.29) is 55.6 Å². The molecule has 386 valence electrons. The quantitative estimate of drug-likeness (QED) is 0.0834. The molecule has 4 aliphatic carbocycles. The molecule has 2 saturated heterocycles. The van der Waals surface area contributed by atoms with Gasteiger partial charge in [-0.15, -0.1) is 0 Å². The molecule has 73 heavy (non-hydrogen) atoms. The number of hydrogen-bond donors (Lipinski definition) is 1. The van der Waals surface area contributed by atoms with Gasteiger partial charge in [-0.25, -0.2) is 4.79 Å². The first-order valence-electron chi connectivity index (χ1n) is 26.1. The molecule has 6 unspecified atom stereocenters. The lowest BCUT2D eigenvalue weighted by atomic mass is 9.44. The molecule has 5 fully saturated rings. The normalized spacial score (nSPS) is 27.9. The highest BCUT2D eigenvalue weighted by atomic mass is 16.6. The van der Waals surface area contributed by atoms with Crippen molar-refractivity contribution >= 4 is 46.9 Å². The van der Waals surface area contributed by atoms with Gasteiger partial charge >= 0.3 is 11.9 Å². The van der Waals surface area contributed by atoms with Gasteiger partial charge in [0.25, 0.3) is 0 Å². The average Bonchev–Trinajstić information content (AvgIpc) is 3.72. The second-order valence-corrected chi connectivity index (χ2v) is 22.5. The number of carbonyl (C=O) groups is 5. The molecular formula is C59H70N4O10. The number of esters is 2. The van der Waals surface area contributed by atoms with Crippen molar-refractivity contribution in [2.75, 3.05) is 53.4 Å². The van der Waals surface area contributed by atoms with Gasteiger partial charge in [0.1, 0.15) is 17.1 Å². The molecule has 1 amide bonds. The maximum absolute atomic E-state index is 16.1. The smallest absolute Gasteiger partial charge is 0.333 e. The van der Waals surface area contributed by atoms with E-state index in [0.29, 0.717) is 94.2 Å². The molecule has 5 aliphatic heterocycles. The van der Waals surface area contributed by atoms with Gasteiger partial charge in [-0.1, -0.05) is 53.6 Å². The first-order chi connectivity index (χ1) is 34.7. The summed E-state index contributed by atoms with van der Waals surface area (Å²) in [7, 11) is 3.35. The number of benzene rings is 2. The van der Waals surface area contributed by atoms with Crippen LogP contribution in [0, 0.1) is 17.8 Å². The van der Waals surface area contributed by atoms with Gasteiger partial charge in [-0.05, 0) is 100 Å². The van der Waals surface area contributed by atoms with Gasteiger partial charge in [0.15, 0.2) is 28.5 Å². The van der Waals surface area contributed by atoms with Gasteiger partial charge < -0.3 is 44.1 Å². The van der Waals surface area contributed by atoms with Crippen LogP contribution < -0.4 is 19.9 Å². The molecule has 4 bridgehead atoms. The summed E-state index contributed by atoms with van der Waals surface area (Å²) in [4.78, 5) is 78.8. The molecule has 3 saturated carbocycles. The van der Waals surface area contributed by atoms with Crippen molar-refractivity contribution in [2.24, 2.45) is 23.5 Å². The summed E-state index contributed by atoms with van der Waals surface area (Å²) in [6.45, 7) is 19.0. The Labute approximate surface area is 428 Å². The summed E-state index contributed by atoms with van der Waals surface area (Å²) in [6, 6.07) is 7.54. The lowest BCUT2D eigenvalue weighted by Gasteiger charge is -2.63. The van der Waals surface area contributed by atoms with Gasteiger partial charge in [0, 0.05) is 103 Å². The van der Waals surface area contributed by atoms with E-state index >= 15 is 9.59 Å². The molecule has 1 spiro atoms. The fourth-order valence-corrected chi connectivity index (χ4v) is 13.3. The second-order valence-electron chi connectivity index (χ2n) is 22.5. The number of ketones is 2. The molecule has 5 heterocycles. The number of carbonyl (C=O) groups excluding carboxylic acids is 5. The zero-order valence-corrected chi connectivity index (χ0v) is 44.1. The van der Waals surface area contributed by atoms with Gasteiger partial charge in [0.2, 0.25) is 5.91 Å². The fraction of sp³-hybridized carbons (Fsp3) is 0.508. The van der Waals surface area contributed by atoms with Crippen molar-refractivity contribution in [3.63, 3.8) is 0 Å². The summed E-state index contributed by atoms with van der Waals surface area (Å²) in [5.41, 5.74) is 9.68. The lowest BCUT2D eigenvalue weighted by Crippen LogP contribution is -2.75. The number of rotatable bonds is 14. The Bertz CT molecular complexity index is 2940. The number of likely N-dealkylation sites (N-methyl/N-ethyl adjacent to an activating group) is 1. The minimum absolute atomic E-state index is 0.0297. The molecule has 9 aliphatic rings. The Balaban J connectivity index is 1.27. The number of fused-ring (bicyclic) bond motifs is 5. The zero-order chi connectivity index (χ0) is 52.1. The number of nitrogens with two attached hydrogens (primary N) is 1. The highest BCUT2D eigenvalue weighted by molar-refractivity contribution is 6.23.